The van der Waals surface area contributed by atoms with Crippen molar-refractivity contribution in [2.75, 3.05) is 11.9 Å². The summed E-state index contributed by atoms with van der Waals surface area (Å²) in [6, 6.07) is 8.38. The van der Waals surface area contributed by atoms with E-state index in [1.165, 1.54) is 23.9 Å². The highest BCUT2D eigenvalue weighted by Crippen LogP contribution is 2.28. The molecule has 0 saturated heterocycles. The van der Waals surface area contributed by atoms with E-state index in [0.717, 1.165) is 34.5 Å². The van der Waals surface area contributed by atoms with Gasteiger partial charge in [-0.1, -0.05) is 32.5 Å². The molecule has 0 bridgehead atoms. The minimum absolute atomic E-state index is 0.227. The van der Waals surface area contributed by atoms with Crippen molar-refractivity contribution in [3.05, 3.63) is 42.0 Å². The highest BCUT2D eigenvalue weighted by atomic mass is 32.2. The van der Waals surface area contributed by atoms with E-state index in [4.69, 9.17) is 0 Å². The van der Waals surface area contributed by atoms with Crippen LogP contribution in [-0.2, 0) is 0 Å². The molecule has 0 aliphatic carbocycles. The average Bonchev–Trinajstić information content (AvgIpc) is 2.47. The van der Waals surface area contributed by atoms with E-state index < -0.39 is 0 Å². The number of rotatable bonds is 6. The van der Waals surface area contributed by atoms with Crippen LogP contribution in [0.15, 0.2) is 40.3 Å². The van der Waals surface area contributed by atoms with Crippen LogP contribution in [0.1, 0.15) is 38.9 Å². The van der Waals surface area contributed by atoms with Crippen LogP contribution in [0.2, 0.25) is 0 Å². The van der Waals surface area contributed by atoms with Crippen molar-refractivity contribution in [3.63, 3.8) is 0 Å². The maximum atomic E-state index is 13.0. The monoisotopic (exact) mass is 305 g/mol. The van der Waals surface area contributed by atoms with Crippen molar-refractivity contribution in [1.82, 2.24) is 9.97 Å². The molecule has 1 heterocycles. The summed E-state index contributed by atoms with van der Waals surface area (Å²) in [6.45, 7) is 7.15. The fourth-order valence-electron chi connectivity index (χ4n) is 1.72. The Hall–Kier alpha value is -1.62. The van der Waals surface area contributed by atoms with Crippen molar-refractivity contribution in [3.8, 4) is 0 Å². The largest absolute Gasteiger partial charge is 0.370 e. The minimum Gasteiger partial charge on any atom is -0.370 e. The number of hydrogen-bond donors (Lipinski definition) is 1. The molecular formula is C16H20FN3S. The Kier molecular flexibility index (Phi) is 5.56. The Morgan fingerprint density at radius 3 is 2.52 bits per heavy atom. The molecule has 0 atom stereocenters. The van der Waals surface area contributed by atoms with Crippen molar-refractivity contribution in [2.45, 2.75) is 43.0 Å². The van der Waals surface area contributed by atoms with Gasteiger partial charge < -0.3 is 5.32 Å². The van der Waals surface area contributed by atoms with Gasteiger partial charge in [-0.05, 0) is 30.7 Å². The number of aromatic nitrogens is 2. The highest BCUT2D eigenvalue weighted by Gasteiger charge is 2.09. The normalized spacial score (nSPS) is 10.9. The van der Waals surface area contributed by atoms with Crippen LogP contribution in [0.25, 0.3) is 0 Å². The smallest absolute Gasteiger partial charge is 0.134 e. The lowest BCUT2D eigenvalue weighted by atomic mass is 10.2. The first-order valence-corrected chi connectivity index (χ1v) is 7.96. The molecule has 0 saturated carbocycles. The number of nitrogens with one attached hydrogen (secondary N) is 1. The van der Waals surface area contributed by atoms with Gasteiger partial charge in [0.1, 0.15) is 22.5 Å². The number of halogens is 1. The van der Waals surface area contributed by atoms with Crippen molar-refractivity contribution in [1.29, 1.82) is 0 Å². The van der Waals surface area contributed by atoms with Gasteiger partial charge in [-0.25, -0.2) is 14.4 Å². The Labute approximate surface area is 129 Å². The van der Waals surface area contributed by atoms with Crippen LogP contribution in [0.4, 0.5) is 10.2 Å². The van der Waals surface area contributed by atoms with E-state index in [1.54, 1.807) is 12.1 Å². The second-order valence-corrected chi connectivity index (χ2v) is 6.18. The summed E-state index contributed by atoms with van der Waals surface area (Å²) < 4.78 is 13.0. The lowest BCUT2D eigenvalue weighted by molar-refractivity contribution is 0.626. The van der Waals surface area contributed by atoms with E-state index in [9.17, 15) is 4.39 Å². The van der Waals surface area contributed by atoms with E-state index >= 15 is 0 Å². The van der Waals surface area contributed by atoms with Crippen LogP contribution >= 0.6 is 11.8 Å². The third-order valence-corrected chi connectivity index (χ3v) is 3.75. The van der Waals surface area contributed by atoms with Crippen LogP contribution in [0, 0.1) is 5.82 Å². The van der Waals surface area contributed by atoms with Crippen LogP contribution in [-0.4, -0.2) is 16.5 Å². The molecule has 1 aromatic carbocycles. The average molecular weight is 305 g/mol. The van der Waals surface area contributed by atoms with Crippen molar-refractivity contribution >= 4 is 17.6 Å². The Bertz CT molecular complexity index is 585. The molecule has 0 aliphatic rings. The second kappa shape index (κ2) is 7.41. The first kappa shape index (κ1) is 15.8. The second-order valence-electron chi connectivity index (χ2n) is 5.09. The molecular weight excluding hydrogens is 285 g/mol. The zero-order valence-corrected chi connectivity index (χ0v) is 13.4. The molecule has 0 fully saturated rings. The summed E-state index contributed by atoms with van der Waals surface area (Å²) in [5, 5.41) is 4.17. The zero-order valence-electron chi connectivity index (χ0n) is 12.6. The first-order chi connectivity index (χ1) is 10.1. The van der Waals surface area contributed by atoms with Gasteiger partial charge in [0, 0.05) is 23.4 Å². The Morgan fingerprint density at radius 1 is 1.19 bits per heavy atom. The van der Waals surface area contributed by atoms with Gasteiger partial charge in [-0.2, -0.15) is 0 Å². The molecule has 1 N–H and O–H groups in total. The number of nitrogens with zero attached hydrogens (tertiary/aromatic N) is 2. The van der Waals surface area contributed by atoms with Gasteiger partial charge in [-0.15, -0.1) is 0 Å². The number of hydrogen-bond acceptors (Lipinski definition) is 4. The molecule has 5 heteroatoms. The van der Waals surface area contributed by atoms with E-state index in [0.29, 0.717) is 0 Å². The van der Waals surface area contributed by atoms with E-state index in [-0.39, 0.29) is 11.7 Å². The highest BCUT2D eigenvalue weighted by molar-refractivity contribution is 7.99. The molecule has 21 heavy (non-hydrogen) atoms. The Balaban J connectivity index is 2.24. The topological polar surface area (TPSA) is 37.8 Å². The standard InChI is InChI=1S/C16H20FN3S/c1-4-9-18-14-10-15(20-16(19-14)11(2)3)21-13-7-5-12(17)6-8-13/h5-8,10-11H,4,9H2,1-3H3,(H,18,19,20). The van der Waals surface area contributed by atoms with Crippen LogP contribution in [0.5, 0.6) is 0 Å². The summed E-state index contributed by atoms with van der Waals surface area (Å²) in [5.41, 5.74) is 0. The van der Waals surface area contributed by atoms with Gasteiger partial charge in [0.15, 0.2) is 0 Å². The summed E-state index contributed by atoms with van der Waals surface area (Å²) in [4.78, 5) is 10.1. The quantitative estimate of drug-likeness (QED) is 0.784. The van der Waals surface area contributed by atoms with Gasteiger partial charge in [0.25, 0.3) is 0 Å². The maximum absolute atomic E-state index is 13.0. The van der Waals surface area contributed by atoms with Gasteiger partial charge in [0.05, 0.1) is 0 Å². The first-order valence-electron chi connectivity index (χ1n) is 7.14. The molecule has 112 valence electrons. The predicted octanol–water partition coefficient (Wildman–Crippen LogP) is 4.71. The molecule has 0 unspecified atom stereocenters. The number of anilines is 1. The zero-order chi connectivity index (χ0) is 15.2. The van der Waals surface area contributed by atoms with Crippen LogP contribution in [0.3, 0.4) is 0 Å². The summed E-state index contributed by atoms with van der Waals surface area (Å²) in [6.07, 6.45) is 1.04. The van der Waals surface area contributed by atoms with Crippen molar-refractivity contribution in [2.24, 2.45) is 0 Å². The predicted molar refractivity (Wildman–Crippen MR) is 85.4 cm³/mol. The molecule has 3 nitrogen and oxygen atoms in total. The SMILES string of the molecule is CCCNc1cc(Sc2ccc(F)cc2)nc(C(C)C)n1. The summed E-state index contributed by atoms with van der Waals surface area (Å²) in [5.74, 6) is 1.71. The maximum Gasteiger partial charge on any atom is 0.134 e. The third-order valence-electron chi connectivity index (χ3n) is 2.83. The fraction of sp³-hybridized carbons (Fsp3) is 0.375. The molecule has 0 spiro atoms. The fourth-order valence-corrected chi connectivity index (χ4v) is 2.54. The summed E-state index contributed by atoms with van der Waals surface area (Å²) >= 11 is 1.52. The van der Waals surface area contributed by atoms with Gasteiger partial charge >= 0.3 is 0 Å². The number of benzene rings is 1. The van der Waals surface area contributed by atoms with Gasteiger partial charge in [-0.3, -0.25) is 0 Å². The summed E-state index contributed by atoms with van der Waals surface area (Å²) in [7, 11) is 0. The Morgan fingerprint density at radius 2 is 1.90 bits per heavy atom. The third kappa shape index (κ3) is 4.70. The molecule has 0 radical (unpaired) electrons. The van der Waals surface area contributed by atoms with E-state index in [1.807, 2.05) is 6.07 Å². The van der Waals surface area contributed by atoms with Crippen molar-refractivity contribution < 1.29 is 4.39 Å². The minimum atomic E-state index is -0.227. The molecule has 2 rings (SSSR count). The molecule has 2 aromatic rings. The molecule has 0 aliphatic heterocycles. The lowest BCUT2D eigenvalue weighted by Gasteiger charge is -2.11. The van der Waals surface area contributed by atoms with Gasteiger partial charge in [0.2, 0.25) is 0 Å². The van der Waals surface area contributed by atoms with Crippen LogP contribution < -0.4 is 5.32 Å². The molecule has 1 aromatic heterocycles. The van der Waals surface area contributed by atoms with E-state index in [2.05, 4.69) is 36.1 Å². The lowest BCUT2D eigenvalue weighted by Crippen LogP contribution is -2.06. The molecule has 0 amide bonds.